The number of hydrogen-bond donors (Lipinski definition) is 1. The number of ketones is 1. The quantitative estimate of drug-likeness (QED) is 0.755. The maximum atomic E-state index is 11.5. The molecule has 0 aromatic carbocycles. The first kappa shape index (κ1) is 8.93. The number of fused-ring (bicyclic) bond motifs is 1. The van der Waals surface area contributed by atoms with E-state index in [9.17, 15) is 9.59 Å². The van der Waals surface area contributed by atoms with Crippen molar-refractivity contribution >= 4 is 11.8 Å². The van der Waals surface area contributed by atoms with Crippen LogP contribution in [0, 0.1) is 0 Å². The van der Waals surface area contributed by atoms with Crippen molar-refractivity contribution in [2.75, 3.05) is 0 Å². The lowest BCUT2D eigenvalue weighted by Crippen LogP contribution is -2.12. The van der Waals surface area contributed by atoms with E-state index in [1.807, 2.05) is 0 Å². The summed E-state index contributed by atoms with van der Waals surface area (Å²) >= 11 is 0. The molecule has 0 saturated carbocycles. The number of rotatable bonds is 2. The van der Waals surface area contributed by atoms with E-state index in [2.05, 4.69) is 5.16 Å². The van der Waals surface area contributed by atoms with Gasteiger partial charge in [-0.2, -0.15) is 0 Å². The Labute approximate surface area is 79.7 Å². The molecular weight excluding hydrogens is 186 g/mol. The smallest absolute Gasteiger partial charge is 0.309 e. The molecular formula is C9H9NO4. The molecule has 0 bridgehead atoms. The Morgan fingerprint density at radius 3 is 3.00 bits per heavy atom. The van der Waals surface area contributed by atoms with Gasteiger partial charge in [0, 0.05) is 12.8 Å². The number of aryl methyl sites for hydroxylation is 1. The van der Waals surface area contributed by atoms with Crippen molar-refractivity contribution in [3.05, 3.63) is 17.0 Å². The van der Waals surface area contributed by atoms with Gasteiger partial charge in [0.05, 0.1) is 12.0 Å². The fourth-order valence-corrected chi connectivity index (χ4v) is 1.65. The highest BCUT2D eigenvalue weighted by atomic mass is 16.5. The van der Waals surface area contributed by atoms with Crippen molar-refractivity contribution in [3.63, 3.8) is 0 Å². The minimum atomic E-state index is -1.00. The van der Waals surface area contributed by atoms with Gasteiger partial charge in [-0.3, -0.25) is 9.59 Å². The molecule has 1 aromatic heterocycles. The SMILES string of the molecule is O=C(O)Cc1noc2c1C(=O)CCC2. The summed E-state index contributed by atoms with van der Waals surface area (Å²) in [4.78, 5) is 21.9. The van der Waals surface area contributed by atoms with Crippen LogP contribution >= 0.6 is 0 Å². The van der Waals surface area contributed by atoms with Gasteiger partial charge in [-0.15, -0.1) is 0 Å². The highest BCUT2D eigenvalue weighted by Gasteiger charge is 2.26. The Kier molecular flexibility index (Phi) is 2.07. The van der Waals surface area contributed by atoms with Crippen LogP contribution in [-0.2, 0) is 17.6 Å². The van der Waals surface area contributed by atoms with E-state index in [-0.39, 0.29) is 17.9 Å². The van der Waals surface area contributed by atoms with Gasteiger partial charge in [0.1, 0.15) is 11.5 Å². The number of carbonyl (C=O) groups is 2. The number of nitrogens with zero attached hydrogens (tertiary/aromatic N) is 1. The summed E-state index contributed by atoms with van der Waals surface area (Å²) in [5, 5.41) is 12.2. The third-order valence-corrected chi connectivity index (χ3v) is 2.24. The molecule has 0 fully saturated rings. The Morgan fingerprint density at radius 2 is 2.29 bits per heavy atom. The molecule has 1 aliphatic rings. The standard InChI is InChI=1S/C9H9NO4/c11-6-2-1-3-7-9(6)5(10-14-7)4-8(12)13/h1-4H2,(H,12,13). The normalized spacial score (nSPS) is 15.3. The Balaban J connectivity index is 2.38. The molecule has 1 aliphatic carbocycles. The lowest BCUT2D eigenvalue weighted by atomic mass is 9.94. The average Bonchev–Trinajstić information content (AvgIpc) is 2.49. The van der Waals surface area contributed by atoms with Gasteiger partial charge in [-0.05, 0) is 6.42 Å². The summed E-state index contributed by atoms with van der Waals surface area (Å²) in [6.45, 7) is 0. The first-order valence-electron chi connectivity index (χ1n) is 4.41. The fourth-order valence-electron chi connectivity index (χ4n) is 1.65. The van der Waals surface area contributed by atoms with Crippen LogP contribution in [0.15, 0.2) is 4.52 Å². The zero-order chi connectivity index (χ0) is 10.1. The predicted octanol–water partition coefficient (Wildman–Crippen LogP) is 0.821. The number of aliphatic carboxylic acids is 1. The molecule has 5 heteroatoms. The van der Waals surface area contributed by atoms with E-state index in [0.29, 0.717) is 24.2 Å². The summed E-state index contributed by atoms with van der Waals surface area (Å²) in [5.74, 6) is -0.513. The summed E-state index contributed by atoms with van der Waals surface area (Å²) in [6.07, 6.45) is 1.65. The van der Waals surface area contributed by atoms with Crippen molar-refractivity contribution in [2.45, 2.75) is 25.7 Å². The zero-order valence-corrected chi connectivity index (χ0v) is 7.45. The van der Waals surface area contributed by atoms with Gasteiger partial charge in [-0.25, -0.2) is 0 Å². The minimum Gasteiger partial charge on any atom is -0.481 e. The maximum Gasteiger partial charge on any atom is 0.309 e. The van der Waals surface area contributed by atoms with Gasteiger partial charge in [-0.1, -0.05) is 5.16 Å². The lowest BCUT2D eigenvalue weighted by Gasteiger charge is -2.07. The van der Waals surface area contributed by atoms with E-state index >= 15 is 0 Å². The number of hydrogen-bond acceptors (Lipinski definition) is 4. The van der Waals surface area contributed by atoms with Gasteiger partial charge < -0.3 is 9.63 Å². The molecule has 0 aliphatic heterocycles. The summed E-state index contributed by atoms with van der Waals surface area (Å²) < 4.78 is 4.92. The molecule has 5 nitrogen and oxygen atoms in total. The predicted molar refractivity (Wildman–Crippen MR) is 45.1 cm³/mol. The van der Waals surface area contributed by atoms with E-state index in [1.54, 1.807) is 0 Å². The van der Waals surface area contributed by atoms with Crippen LogP contribution in [0.3, 0.4) is 0 Å². The van der Waals surface area contributed by atoms with Crippen LogP contribution in [0.1, 0.15) is 34.7 Å². The van der Waals surface area contributed by atoms with Crippen LogP contribution in [0.5, 0.6) is 0 Å². The topological polar surface area (TPSA) is 80.4 Å². The summed E-state index contributed by atoms with van der Waals surface area (Å²) in [6, 6.07) is 0. The highest BCUT2D eigenvalue weighted by Crippen LogP contribution is 2.24. The van der Waals surface area contributed by atoms with Crippen molar-refractivity contribution < 1.29 is 19.2 Å². The summed E-state index contributed by atoms with van der Waals surface area (Å²) in [7, 11) is 0. The molecule has 1 aromatic rings. The molecule has 14 heavy (non-hydrogen) atoms. The summed E-state index contributed by atoms with van der Waals surface area (Å²) in [5.41, 5.74) is 0.663. The van der Waals surface area contributed by atoms with E-state index in [0.717, 1.165) is 6.42 Å². The number of carbonyl (C=O) groups excluding carboxylic acids is 1. The molecule has 1 N–H and O–H groups in total. The van der Waals surface area contributed by atoms with E-state index < -0.39 is 5.97 Å². The molecule has 1 heterocycles. The number of carboxylic acid groups (broad SMARTS) is 1. The van der Waals surface area contributed by atoms with Crippen LogP contribution in [0.2, 0.25) is 0 Å². The second-order valence-corrected chi connectivity index (χ2v) is 3.27. The third kappa shape index (κ3) is 1.41. The van der Waals surface area contributed by atoms with Gasteiger partial charge in [0.2, 0.25) is 0 Å². The fraction of sp³-hybridized carbons (Fsp3) is 0.444. The maximum absolute atomic E-state index is 11.5. The zero-order valence-electron chi connectivity index (χ0n) is 7.45. The molecule has 0 atom stereocenters. The molecule has 2 rings (SSSR count). The van der Waals surface area contributed by atoms with Crippen molar-refractivity contribution in [3.8, 4) is 0 Å². The van der Waals surface area contributed by atoms with Crippen molar-refractivity contribution in [1.29, 1.82) is 0 Å². The number of Topliss-reactive ketones (excluding diaryl/α,β-unsaturated/α-hetero) is 1. The lowest BCUT2D eigenvalue weighted by molar-refractivity contribution is -0.136. The van der Waals surface area contributed by atoms with Crippen molar-refractivity contribution in [1.82, 2.24) is 5.16 Å². The first-order valence-corrected chi connectivity index (χ1v) is 4.41. The van der Waals surface area contributed by atoms with Crippen LogP contribution in [-0.4, -0.2) is 22.0 Å². The van der Waals surface area contributed by atoms with E-state index in [1.165, 1.54) is 0 Å². The number of carboxylic acids is 1. The third-order valence-electron chi connectivity index (χ3n) is 2.24. The Hall–Kier alpha value is -1.65. The molecule has 0 saturated heterocycles. The van der Waals surface area contributed by atoms with Crippen LogP contribution in [0.4, 0.5) is 0 Å². The highest BCUT2D eigenvalue weighted by molar-refractivity contribution is 5.99. The van der Waals surface area contributed by atoms with Gasteiger partial charge >= 0.3 is 5.97 Å². The molecule has 74 valence electrons. The second-order valence-electron chi connectivity index (χ2n) is 3.27. The van der Waals surface area contributed by atoms with Crippen molar-refractivity contribution in [2.24, 2.45) is 0 Å². The van der Waals surface area contributed by atoms with Crippen LogP contribution in [0.25, 0.3) is 0 Å². The molecule has 0 spiro atoms. The Morgan fingerprint density at radius 1 is 1.50 bits per heavy atom. The Bertz CT molecular complexity index is 394. The van der Waals surface area contributed by atoms with Crippen LogP contribution < -0.4 is 0 Å². The monoisotopic (exact) mass is 195 g/mol. The number of aromatic nitrogens is 1. The average molecular weight is 195 g/mol. The molecule has 0 radical (unpaired) electrons. The van der Waals surface area contributed by atoms with E-state index in [4.69, 9.17) is 9.63 Å². The van der Waals surface area contributed by atoms with Gasteiger partial charge in [0.15, 0.2) is 5.78 Å². The molecule has 0 unspecified atom stereocenters. The molecule has 0 amide bonds. The van der Waals surface area contributed by atoms with Gasteiger partial charge in [0.25, 0.3) is 0 Å². The second kappa shape index (κ2) is 3.25. The first-order chi connectivity index (χ1) is 6.68. The largest absolute Gasteiger partial charge is 0.481 e. The minimum absolute atomic E-state index is 0.0521.